The number of aliphatic hydroxyl groups excluding tert-OH is 1. The van der Waals surface area contributed by atoms with Crippen LogP contribution in [0.25, 0.3) is 0 Å². The molecule has 0 aromatic carbocycles. The molecule has 1 fully saturated rings. The maximum Gasteiger partial charge on any atom is 0.128 e. The zero-order valence-electron chi connectivity index (χ0n) is 9.89. The van der Waals surface area contributed by atoms with Crippen molar-refractivity contribution < 1.29 is 5.11 Å². The molecular weight excluding hydrogens is 200 g/mol. The van der Waals surface area contributed by atoms with E-state index in [0.717, 1.165) is 36.8 Å². The highest BCUT2D eigenvalue weighted by molar-refractivity contribution is 5.41. The number of rotatable bonds is 6. The van der Waals surface area contributed by atoms with Crippen LogP contribution in [0.1, 0.15) is 31.7 Å². The van der Waals surface area contributed by atoms with E-state index < -0.39 is 0 Å². The molecule has 1 N–H and O–H groups in total. The fraction of sp³-hybridized carbons (Fsp3) is 0.615. The number of nitrogens with zero attached hydrogens (tertiary/aromatic N) is 2. The Labute approximate surface area is 97.1 Å². The van der Waals surface area contributed by atoms with E-state index in [1.54, 1.807) is 6.20 Å². The predicted molar refractivity (Wildman–Crippen MR) is 65.4 cm³/mol. The molecule has 2 rings (SSSR count). The molecule has 1 saturated carbocycles. The van der Waals surface area contributed by atoms with Gasteiger partial charge >= 0.3 is 0 Å². The van der Waals surface area contributed by atoms with Gasteiger partial charge in [0.2, 0.25) is 0 Å². The lowest BCUT2D eigenvalue weighted by Gasteiger charge is -2.23. The van der Waals surface area contributed by atoms with Crippen molar-refractivity contribution in [2.45, 2.75) is 32.8 Å². The summed E-state index contributed by atoms with van der Waals surface area (Å²) in [5, 5.41) is 9.12. The molecule has 1 aliphatic carbocycles. The molecule has 0 unspecified atom stereocenters. The number of anilines is 1. The van der Waals surface area contributed by atoms with E-state index in [9.17, 15) is 0 Å². The van der Waals surface area contributed by atoms with Gasteiger partial charge in [-0.1, -0.05) is 6.92 Å². The van der Waals surface area contributed by atoms with E-state index in [0.29, 0.717) is 0 Å². The minimum atomic E-state index is 0.0961. The van der Waals surface area contributed by atoms with Crippen LogP contribution in [0.5, 0.6) is 0 Å². The van der Waals surface area contributed by atoms with E-state index >= 15 is 0 Å². The lowest BCUT2D eigenvalue weighted by molar-refractivity contribution is 0.281. The van der Waals surface area contributed by atoms with Crippen LogP contribution in [-0.2, 0) is 6.61 Å². The fourth-order valence-electron chi connectivity index (χ4n) is 1.91. The van der Waals surface area contributed by atoms with Gasteiger partial charge in [0.1, 0.15) is 5.82 Å². The van der Waals surface area contributed by atoms with E-state index in [1.807, 2.05) is 12.1 Å². The molecule has 1 aliphatic rings. The summed E-state index contributed by atoms with van der Waals surface area (Å²) in [5.41, 5.74) is 0.946. The number of aromatic nitrogens is 1. The van der Waals surface area contributed by atoms with Crippen LogP contribution < -0.4 is 4.90 Å². The van der Waals surface area contributed by atoms with Gasteiger partial charge in [-0.3, -0.25) is 0 Å². The van der Waals surface area contributed by atoms with Crippen LogP contribution in [0.15, 0.2) is 18.3 Å². The molecule has 0 radical (unpaired) electrons. The number of aliphatic hydroxyl groups is 1. The van der Waals surface area contributed by atoms with Crippen molar-refractivity contribution in [1.29, 1.82) is 0 Å². The van der Waals surface area contributed by atoms with E-state index in [4.69, 9.17) is 5.11 Å². The van der Waals surface area contributed by atoms with Crippen molar-refractivity contribution in [2.24, 2.45) is 5.92 Å². The fourth-order valence-corrected chi connectivity index (χ4v) is 1.91. The van der Waals surface area contributed by atoms with Crippen molar-refractivity contribution in [1.82, 2.24) is 4.98 Å². The lowest BCUT2D eigenvalue weighted by Crippen LogP contribution is -2.27. The quantitative estimate of drug-likeness (QED) is 0.798. The summed E-state index contributed by atoms with van der Waals surface area (Å²) in [5.74, 6) is 1.88. The SMILES string of the molecule is CCCN(CC1CC1)c1cc(CO)ccn1. The lowest BCUT2D eigenvalue weighted by atomic mass is 10.2. The molecule has 88 valence electrons. The second kappa shape index (κ2) is 5.30. The Hall–Kier alpha value is -1.09. The molecule has 0 amide bonds. The molecule has 1 aromatic heterocycles. The Morgan fingerprint density at radius 3 is 2.94 bits per heavy atom. The molecule has 1 aromatic rings. The normalized spacial score (nSPS) is 15.1. The first-order valence-electron chi connectivity index (χ1n) is 6.14. The Morgan fingerprint density at radius 1 is 1.50 bits per heavy atom. The molecule has 0 spiro atoms. The van der Waals surface area contributed by atoms with E-state index in [-0.39, 0.29) is 6.61 Å². The second-order valence-electron chi connectivity index (χ2n) is 4.57. The highest BCUT2D eigenvalue weighted by atomic mass is 16.3. The average Bonchev–Trinajstić information content (AvgIpc) is 3.12. The summed E-state index contributed by atoms with van der Waals surface area (Å²) in [6.45, 7) is 4.46. The summed E-state index contributed by atoms with van der Waals surface area (Å²) in [6.07, 6.45) is 5.65. The standard InChI is InChI=1S/C13H20N2O/c1-2-7-15(9-11-3-4-11)13-8-12(10-16)5-6-14-13/h5-6,8,11,16H,2-4,7,9-10H2,1H3. The monoisotopic (exact) mass is 220 g/mol. The molecular formula is C13H20N2O. The van der Waals surface area contributed by atoms with E-state index in [2.05, 4.69) is 16.8 Å². The van der Waals surface area contributed by atoms with Crippen LogP contribution in [0.4, 0.5) is 5.82 Å². The molecule has 0 saturated heterocycles. The zero-order valence-corrected chi connectivity index (χ0v) is 9.89. The van der Waals surface area contributed by atoms with Crippen molar-refractivity contribution >= 4 is 5.82 Å². The van der Waals surface area contributed by atoms with Gasteiger partial charge in [0, 0.05) is 19.3 Å². The van der Waals surface area contributed by atoms with Gasteiger partial charge in [-0.15, -0.1) is 0 Å². The Balaban J connectivity index is 2.08. The van der Waals surface area contributed by atoms with Gasteiger partial charge in [-0.2, -0.15) is 0 Å². The summed E-state index contributed by atoms with van der Waals surface area (Å²) in [6, 6.07) is 3.86. The predicted octanol–water partition coefficient (Wildman–Crippen LogP) is 2.20. The minimum Gasteiger partial charge on any atom is -0.392 e. The number of hydrogen-bond acceptors (Lipinski definition) is 3. The summed E-state index contributed by atoms with van der Waals surface area (Å²) >= 11 is 0. The van der Waals surface area contributed by atoms with Crippen LogP contribution in [0.3, 0.4) is 0 Å². The molecule has 3 nitrogen and oxygen atoms in total. The number of pyridine rings is 1. The van der Waals surface area contributed by atoms with Crippen LogP contribution in [0, 0.1) is 5.92 Å². The first kappa shape index (κ1) is 11.4. The molecule has 1 heterocycles. The summed E-state index contributed by atoms with van der Waals surface area (Å²) in [7, 11) is 0. The highest BCUT2D eigenvalue weighted by Gasteiger charge is 2.24. The average molecular weight is 220 g/mol. The van der Waals surface area contributed by atoms with Crippen molar-refractivity contribution in [2.75, 3.05) is 18.0 Å². The first-order chi connectivity index (χ1) is 7.83. The second-order valence-corrected chi connectivity index (χ2v) is 4.57. The summed E-state index contributed by atoms with van der Waals surface area (Å²) < 4.78 is 0. The van der Waals surface area contributed by atoms with Crippen molar-refractivity contribution in [3.05, 3.63) is 23.9 Å². The molecule has 0 bridgehead atoms. The molecule has 16 heavy (non-hydrogen) atoms. The maximum atomic E-state index is 9.12. The van der Waals surface area contributed by atoms with Crippen LogP contribution >= 0.6 is 0 Å². The summed E-state index contributed by atoms with van der Waals surface area (Å²) in [4.78, 5) is 6.75. The Morgan fingerprint density at radius 2 is 2.31 bits per heavy atom. The third kappa shape index (κ3) is 2.95. The highest BCUT2D eigenvalue weighted by Crippen LogP contribution is 2.31. The van der Waals surface area contributed by atoms with Gasteiger partial charge in [0.15, 0.2) is 0 Å². The van der Waals surface area contributed by atoms with Crippen LogP contribution in [-0.4, -0.2) is 23.2 Å². The third-order valence-corrected chi connectivity index (χ3v) is 2.99. The largest absolute Gasteiger partial charge is 0.392 e. The number of hydrogen-bond donors (Lipinski definition) is 1. The minimum absolute atomic E-state index is 0.0961. The van der Waals surface area contributed by atoms with Gasteiger partial charge in [0.05, 0.1) is 6.61 Å². The first-order valence-corrected chi connectivity index (χ1v) is 6.14. The Bertz CT molecular complexity index is 336. The molecule has 0 aliphatic heterocycles. The molecule has 3 heteroatoms. The smallest absolute Gasteiger partial charge is 0.128 e. The molecule has 0 atom stereocenters. The van der Waals surface area contributed by atoms with Gasteiger partial charge in [0.25, 0.3) is 0 Å². The Kier molecular flexibility index (Phi) is 3.78. The topological polar surface area (TPSA) is 36.4 Å². The van der Waals surface area contributed by atoms with Crippen LogP contribution in [0.2, 0.25) is 0 Å². The third-order valence-electron chi connectivity index (χ3n) is 2.99. The van der Waals surface area contributed by atoms with Crippen molar-refractivity contribution in [3.63, 3.8) is 0 Å². The van der Waals surface area contributed by atoms with E-state index in [1.165, 1.54) is 12.8 Å². The van der Waals surface area contributed by atoms with Gasteiger partial charge < -0.3 is 10.0 Å². The van der Waals surface area contributed by atoms with Gasteiger partial charge in [-0.05, 0) is 42.9 Å². The maximum absolute atomic E-state index is 9.12. The van der Waals surface area contributed by atoms with Crippen molar-refractivity contribution in [3.8, 4) is 0 Å². The van der Waals surface area contributed by atoms with Gasteiger partial charge in [-0.25, -0.2) is 4.98 Å². The zero-order chi connectivity index (χ0) is 11.4.